The zero-order chi connectivity index (χ0) is 17.6. The fraction of sp³-hybridized carbons (Fsp3) is 0.526. The van der Waals surface area contributed by atoms with Crippen molar-refractivity contribution in [3.05, 3.63) is 36.8 Å². The lowest BCUT2D eigenvalue weighted by Gasteiger charge is -2.31. The second kappa shape index (κ2) is 8.53. The van der Waals surface area contributed by atoms with Crippen LogP contribution in [0.3, 0.4) is 0 Å². The van der Waals surface area contributed by atoms with E-state index < -0.39 is 0 Å². The molecule has 2 aromatic heterocycles. The quantitative estimate of drug-likeness (QED) is 0.823. The van der Waals surface area contributed by atoms with Crippen molar-refractivity contribution in [2.45, 2.75) is 12.5 Å². The summed E-state index contributed by atoms with van der Waals surface area (Å²) in [6.07, 6.45) is 6.58. The van der Waals surface area contributed by atoms with Crippen LogP contribution in [0.15, 0.2) is 36.8 Å². The number of hydrogen-bond acceptors (Lipinski definition) is 7. The van der Waals surface area contributed by atoms with Crippen molar-refractivity contribution in [2.75, 3.05) is 57.4 Å². The Morgan fingerprint density at radius 3 is 2.85 bits per heavy atom. The molecule has 0 spiro atoms. The topological polar surface area (TPSA) is 63.6 Å². The molecule has 7 nitrogen and oxygen atoms in total. The summed E-state index contributed by atoms with van der Waals surface area (Å²) in [6.45, 7) is 7.03. The molecule has 2 fully saturated rings. The first kappa shape index (κ1) is 17.3. The minimum atomic E-state index is 0.168. The second-order valence-corrected chi connectivity index (χ2v) is 6.69. The van der Waals surface area contributed by atoms with Gasteiger partial charge < -0.3 is 14.4 Å². The monoisotopic (exact) mass is 355 g/mol. The SMILES string of the molecule is c1cncc(-c2ccnc(N3CCCOC(CN4CCOCC4)C3)n2)c1. The number of ether oxygens (including phenoxy) is 2. The second-order valence-electron chi connectivity index (χ2n) is 6.69. The molecule has 1 atom stereocenters. The van der Waals surface area contributed by atoms with E-state index in [4.69, 9.17) is 14.5 Å². The lowest BCUT2D eigenvalue weighted by Crippen LogP contribution is -2.45. The molecule has 0 aromatic carbocycles. The molecule has 138 valence electrons. The zero-order valence-electron chi connectivity index (χ0n) is 15.0. The first-order valence-corrected chi connectivity index (χ1v) is 9.28. The molecule has 26 heavy (non-hydrogen) atoms. The number of aromatic nitrogens is 3. The molecule has 2 aliphatic rings. The predicted molar refractivity (Wildman–Crippen MR) is 99.1 cm³/mol. The number of anilines is 1. The molecule has 7 heteroatoms. The van der Waals surface area contributed by atoms with Crippen LogP contribution in [-0.4, -0.2) is 78.5 Å². The van der Waals surface area contributed by atoms with E-state index in [2.05, 4.69) is 19.8 Å². The first-order valence-electron chi connectivity index (χ1n) is 9.28. The van der Waals surface area contributed by atoms with Crippen LogP contribution >= 0.6 is 0 Å². The molecule has 1 unspecified atom stereocenters. The summed E-state index contributed by atoms with van der Waals surface area (Å²) in [5, 5.41) is 0. The van der Waals surface area contributed by atoms with E-state index in [1.165, 1.54) is 0 Å². The molecule has 0 N–H and O–H groups in total. The number of hydrogen-bond donors (Lipinski definition) is 0. The Morgan fingerprint density at radius 2 is 2.00 bits per heavy atom. The number of nitrogens with zero attached hydrogens (tertiary/aromatic N) is 5. The fourth-order valence-corrected chi connectivity index (χ4v) is 3.43. The molecule has 0 radical (unpaired) electrons. The summed E-state index contributed by atoms with van der Waals surface area (Å²) in [7, 11) is 0. The number of morpholine rings is 1. The van der Waals surface area contributed by atoms with Crippen LogP contribution in [0.4, 0.5) is 5.95 Å². The van der Waals surface area contributed by atoms with Crippen molar-refractivity contribution in [1.29, 1.82) is 0 Å². The van der Waals surface area contributed by atoms with Gasteiger partial charge in [0.05, 0.1) is 25.0 Å². The average Bonchev–Trinajstić information content (AvgIpc) is 2.95. The highest BCUT2D eigenvalue weighted by molar-refractivity contribution is 5.58. The molecule has 4 rings (SSSR count). The zero-order valence-corrected chi connectivity index (χ0v) is 15.0. The van der Waals surface area contributed by atoms with E-state index in [1.807, 2.05) is 30.6 Å². The van der Waals surface area contributed by atoms with Gasteiger partial charge in [-0.3, -0.25) is 9.88 Å². The fourth-order valence-electron chi connectivity index (χ4n) is 3.43. The highest BCUT2D eigenvalue weighted by Gasteiger charge is 2.24. The average molecular weight is 355 g/mol. The van der Waals surface area contributed by atoms with Crippen molar-refractivity contribution in [1.82, 2.24) is 19.9 Å². The van der Waals surface area contributed by atoms with E-state index in [-0.39, 0.29) is 6.10 Å². The molecule has 0 bridgehead atoms. The Morgan fingerprint density at radius 1 is 1.08 bits per heavy atom. The third-order valence-electron chi connectivity index (χ3n) is 4.80. The van der Waals surface area contributed by atoms with E-state index in [0.29, 0.717) is 0 Å². The lowest BCUT2D eigenvalue weighted by atomic mass is 10.2. The van der Waals surface area contributed by atoms with E-state index >= 15 is 0 Å². The van der Waals surface area contributed by atoms with Crippen molar-refractivity contribution in [3.63, 3.8) is 0 Å². The molecular formula is C19H25N5O2. The minimum Gasteiger partial charge on any atom is -0.379 e. The summed E-state index contributed by atoms with van der Waals surface area (Å²) in [5.41, 5.74) is 1.91. The minimum absolute atomic E-state index is 0.168. The van der Waals surface area contributed by atoms with Gasteiger partial charge in [-0.2, -0.15) is 0 Å². The third-order valence-corrected chi connectivity index (χ3v) is 4.80. The third kappa shape index (κ3) is 4.35. The van der Waals surface area contributed by atoms with Gasteiger partial charge in [0.1, 0.15) is 0 Å². The maximum absolute atomic E-state index is 6.08. The van der Waals surface area contributed by atoms with Gasteiger partial charge in [-0.15, -0.1) is 0 Å². The molecule has 4 heterocycles. The smallest absolute Gasteiger partial charge is 0.225 e. The van der Waals surface area contributed by atoms with Crippen molar-refractivity contribution in [2.24, 2.45) is 0 Å². The van der Waals surface area contributed by atoms with Gasteiger partial charge in [-0.05, 0) is 24.6 Å². The normalized spacial score (nSPS) is 22.2. The Labute approximate surface area is 154 Å². The molecule has 0 aliphatic carbocycles. The maximum atomic E-state index is 6.08. The highest BCUT2D eigenvalue weighted by Crippen LogP contribution is 2.19. The first-order chi connectivity index (χ1) is 12.9. The van der Waals surface area contributed by atoms with Crippen LogP contribution in [0.5, 0.6) is 0 Å². The number of rotatable bonds is 4. The van der Waals surface area contributed by atoms with Gasteiger partial charge in [-0.1, -0.05) is 0 Å². The van der Waals surface area contributed by atoms with Crippen LogP contribution in [-0.2, 0) is 9.47 Å². The molecule has 0 saturated carbocycles. The van der Waals surface area contributed by atoms with Crippen LogP contribution in [0.1, 0.15) is 6.42 Å². The highest BCUT2D eigenvalue weighted by atomic mass is 16.5. The Bertz CT molecular complexity index is 693. The largest absolute Gasteiger partial charge is 0.379 e. The van der Waals surface area contributed by atoms with Crippen molar-refractivity contribution >= 4 is 5.95 Å². The van der Waals surface area contributed by atoms with Crippen LogP contribution in [0, 0.1) is 0 Å². The predicted octanol–water partition coefficient (Wildman–Crippen LogP) is 1.47. The Balaban J connectivity index is 1.47. The Hall–Kier alpha value is -2.09. The molecule has 2 aromatic rings. The van der Waals surface area contributed by atoms with E-state index in [9.17, 15) is 0 Å². The summed E-state index contributed by atoms with van der Waals surface area (Å²) in [6, 6.07) is 5.88. The van der Waals surface area contributed by atoms with Gasteiger partial charge in [0, 0.05) is 63.5 Å². The van der Waals surface area contributed by atoms with Crippen molar-refractivity contribution in [3.8, 4) is 11.3 Å². The molecule has 2 saturated heterocycles. The Kier molecular flexibility index (Phi) is 5.68. The summed E-state index contributed by atoms with van der Waals surface area (Å²) in [4.78, 5) is 18.1. The summed E-state index contributed by atoms with van der Waals surface area (Å²) < 4.78 is 11.5. The number of pyridine rings is 1. The van der Waals surface area contributed by atoms with E-state index in [0.717, 1.165) is 76.2 Å². The van der Waals surface area contributed by atoms with Gasteiger partial charge in [-0.25, -0.2) is 9.97 Å². The van der Waals surface area contributed by atoms with Gasteiger partial charge >= 0.3 is 0 Å². The van der Waals surface area contributed by atoms with Crippen molar-refractivity contribution < 1.29 is 9.47 Å². The van der Waals surface area contributed by atoms with Crippen LogP contribution in [0.25, 0.3) is 11.3 Å². The molecular weight excluding hydrogens is 330 g/mol. The molecule has 0 amide bonds. The lowest BCUT2D eigenvalue weighted by molar-refractivity contribution is -0.00511. The van der Waals surface area contributed by atoms with E-state index in [1.54, 1.807) is 6.20 Å². The van der Waals surface area contributed by atoms with Crippen LogP contribution < -0.4 is 4.90 Å². The van der Waals surface area contributed by atoms with Gasteiger partial charge in [0.15, 0.2) is 0 Å². The van der Waals surface area contributed by atoms with Gasteiger partial charge in [0.25, 0.3) is 0 Å². The molecule has 2 aliphatic heterocycles. The summed E-state index contributed by atoms with van der Waals surface area (Å²) in [5.74, 6) is 0.767. The standard InChI is InChI=1S/C19H25N5O2/c1-3-16(13-20-5-1)18-4-6-21-19(22-18)24-7-2-10-26-17(15-24)14-23-8-11-25-12-9-23/h1,3-6,13,17H,2,7-12,14-15H2. The maximum Gasteiger partial charge on any atom is 0.225 e. The van der Waals surface area contributed by atoms with Crippen LogP contribution in [0.2, 0.25) is 0 Å². The summed E-state index contributed by atoms with van der Waals surface area (Å²) >= 11 is 0. The van der Waals surface area contributed by atoms with Gasteiger partial charge in [0.2, 0.25) is 5.95 Å².